The van der Waals surface area contributed by atoms with Crippen LogP contribution < -0.4 is 0 Å². The molecule has 8 fully saturated rings. The lowest BCUT2D eigenvalue weighted by molar-refractivity contribution is -0.400. The topological polar surface area (TPSA) is 622 Å². The van der Waals surface area contributed by atoms with Crippen LogP contribution in [0.15, 0.2) is 0 Å². The highest BCUT2D eigenvalue weighted by Gasteiger charge is 2.59. The van der Waals surface area contributed by atoms with E-state index in [0.717, 1.165) is 7.11 Å². The molecule has 8 saturated heterocycles. The van der Waals surface area contributed by atoms with Crippen molar-refractivity contribution < 1.29 is 198 Å². The van der Waals surface area contributed by atoms with Crippen LogP contribution in [-0.2, 0) is 80.5 Å². The van der Waals surface area contributed by atoms with E-state index in [1.807, 2.05) is 0 Å². The van der Waals surface area contributed by atoms with Crippen molar-refractivity contribution in [2.75, 3.05) is 60.5 Å². The molecular formula is C51H88O40. The van der Waals surface area contributed by atoms with Gasteiger partial charge in [-0.25, -0.2) is 0 Å². The fraction of sp³-hybridized carbons (Fsp3) is 1.00. The van der Waals surface area contributed by atoms with E-state index in [2.05, 4.69) is 0 Å². The number of methoxy groups -OCH3 is 2. The van der Waals surface area contributed by atoms with Gasteiger partial charge in [-0.3, -0.25) is 0 Å². The van der Waals surface area contributed by atoms with E-state index in [-0.39, 0.29) is 6.42 Å². The van der Waals surface area contributed by atoms with Gasteiger partial charge in [0.15, 0.2) is 50.3 Å². The molecule has 91 heavy (non-hydrogen) atoms. The highest BCUT2D eigenvalue weighted by Crippen LogP contribution is 2.39. The van der Waals surface area contributed by atoms with Crippen molar-refractivity contribution in [3.05, 3.63) is 0 Å². The molecule has 0 aliphatic carbocycles. The quantitative estimate of drug-likeness (QED) is 0.0427. The lowest BCUT2D eigenvalue weighted by Crippen LogP contribution is -2.68. The SMILES string of the molecule is CCC1O[C@H](OCC2O[C@H](O[C@@H]3C(CO)O[C@H](O[C@@H]4C(CO)O[C@H](O[C@@H]5C(CO)O[C@H](OC)[C@H](O)[C@H]5O)[C@H](O)[C@H]4O)[C@H](O)[C@H]3O)[C@H](O)[C@@H](O)[C@@H]2O[C@H]2OC(CO)[C@@H](O[C@H]3OC(CO)[C@@H](O[C@H]4OC(CO)[C@@H](OC)[C@H](O)[C@H]4O)[C@H](O)[C@H]3O)[C@H](O)[C@H]2O)[C@H](O)[C@@H](O)[C@@H]1O. The molecule has 8 aliphatic heterocycles. The number of hydrogen-bond donors (Lipinski definition) is 23. The van der Waals surface area contributed by atoms with Crippen LogP contribution in [0, 0.1) is 0 Å². The Bertz CT molecular complexity index is 2160. The van der Waals surface area contributed by atoms with Gasteiger partial charge in [-0.2, -0.15) is 0 Å². The van der Waals surface area contributed by atoms with Crippen LogP contribution >= 0.6 is 0 Å². The molecule has 8 heterocycles. The van der Waals surface area contributed by atoms with E-state index >= 15 is 0 Å². The molecular weight excluding hydrogens is 1250 g/mol. The van der Waals surface area contributed by atoms with Crippen LogP contribution in [0.1, 0.15) is 13.3 Å². The molecule has 0 aromatic rings. The summed E-state index contributed by atoms with van der Waals surface area (Å²) < 4.78 is 95.9. The second-order valence-electron chi connectivity index (χ2n) is 23.1. The van der Waals surface area contributed by atoms with Gasteiger partial charge in [-0.15, -0.1) is 0 Å². The smallest absolute Gasteiger partial charge is 0.187 e. The van der Waals surface area contributed by atoms with Crippen molar-refractivity contribution in [2.45, 2.75) is 259 Å². The zero-order chi connectivity index (χ0) is 66.8. The van der Waals surface area contributed by atoms with E-state index in [9.17, 15) is 117 Å². The Kier molecular flexibility index (Phi) is 27.1. The van der Waals surface area contributed by atoms with Crippen LogP contribution in [0.3, 0.4) is 0 Å². The Morgan fingerprint density at radius 1 is 0.231 bits per heavy atom. The van der Waals surface area contributed by atoms with Crippen molar-refractivity contribution in [2.24, 2.45) is 0 Å². The fourth-order valence-corrected chi connectivity index (χ4v) is 12.0. The van der Waals surface area contributed by atoms with Crippen molar-refractivity contribution in [1.82, 2.24) is 0 Å². The Hall–Kier alpha value is -1.60. The number of ether oxygens (including phenoxy) is 17. The summed E-state index contributed by atoms with van der Waals surface area (Å²) >= 11 is 0. The Balaban J connectivity index is 0.947. The van der Waals surface area contributed by atoms with Crippen LogP contribution in [0.5, 0.6) is 0 Å². The summed E-state index contributed by atoms with van der Waals surface area (Å²) in [5.74, 6) is 0. The zero-order valence-electron chi connectivity index (χ0n) is 49.0. The first-order valence-corrected chi connectivity index (χ1v) is 29.3. The summed E-state index contributed by atoms with van der Waals surface area (Å²) in [6.45, 7) is -5.07. The van der Waals surface area contributed by atoms with Crippen LogP contribution in [0.25, 0.3) is 0 Å². The van der Waals surface area contributed by atoms with E-state index in [4.69, 9.17) is 80.5 Å². The number of aliphatic hydroxyl groups excluding tert-OH is 23. The van der Waals surface area contributed by atoms with Crippen LogP contribution in [0.2, 0.25) is 0 Å². The van der Waals surface area contributed by atoms with Gasteiger partial charge in [0.25, 0.3) is 0 Å². The summed E-state index contributed by atoms with van der Waals surface area (Å²) in [5, 5.41) is 251. The first-order valence-electron chi connectivity index (χ1n) is 29.3. The molecule has 0 saturated carbocycles. The lowest BCUT2D eigenvalue weighted by Gasteiger charge is -2.50. The Morgan fingerprint density at radius 3 is 0.714 bits per heavy atom. The molecule has 0 aromatic carbocycles. The third-order valence-corrected chi connectivity index (χ3v) is 17.3. The van der Waals surface area contributed by atoms with E-state index < -0.39 is 292 Å². The molecule has 0 radical (unpaired) electrons. The van der Waals surface area contributed by atoms with Gasteiger partial charge in [-0.1, -0.05) is 6.92 Å². The maximum atomic E-state index is 11.9. The summed E-state index contributed by atoms with van der Waals surface area (Å²) in [7, 11) is 2.32. The second kappa shape index (κ2) is 32.8. The molecule has 0 amide bonds. The summed E-state index contributed by atoms with van der Waals surface area (Å²) in [6.07, 6.45) is -75.0. The summed E-state index contributed by atoms with van der Waals surface area (Å²) in [4.78, 5) is 0. The predicted octanol–water partition coefficient (Wildman–Crippen LogP) is -15.7. The second-order valence-corrected chi connectivity index (χ2v) is 23.1. The zero-order valence-corrected chi connectivity index (χ0v) is 49.0. The largest absolute Gasteiger partial charge is 0.394 e. The predicted molar refractivity (Wildman–Crippen MR) is 277 cm³/mol. The average molecular weight is 1340 g/mol. The first kappa shape index (κ1) is 75.2. The van der Waals surface area contributed by atoms with E-state index in [1.165, 1.54) is 7.11 Å². The highest BCUT2D eigenvalue weighted by atomic mass is 16.8. The van der Waals surface area contributed by atoms with Gasteiger partial charge in [-0.05, 0) is 6.42 Å². The van der Waals surface area contributed by atoms with Crippen LogP contribution in [-0.4, -0.2) is 424 Å². The molecule has 0 spiro atoms. The van der Waals surface area contributed by atoms with Crippen molar-refractivity contribution >= 4 is 0 Å². The lowest BCUT2D eigenvalue weighted by atomic mass is 9.95. The first-order chi connectivity index (χ1) is 43.3. The van der Waals surface area contributed by atoms with Crippen molar-refractivity contribution in [3.8, 4) is 0 Å². The van der Waals surface area contributed by atoms with Gasteiger partial charge in [0.05, 0.1) is 52.4 Å². The molecule has 23 N–H and O–H groups in total. The summed E-state index contributed by atoms with van der Waals surface area (Å²) in [5.41, 5.74) is 0. The highest BCUT2D eigenvalue weighted by molar-refractivity contribution is 5.01. The van der Waals surface area contributed by atoms with Gasteiger partial charge < -0.3 is 198 Å². The van der Waals surface area contributed by atoms with E-state index in [1.54, 1.807) is 6.92 Å². The van der Waals surface area contributed by atoms with Gasteiger partial charge in [0, 0.05) is 14.2 Å². The molecule has 40 heteroatoms. The maximum absolute atomic E-state index is 11.9. The standard InChI is InChI=1S/C51H88O40/c1-4-12-20(58)21(59)29(67)45(78-12)77-11-19-43(91-50-35(73)27(65)41(17(9-56)84-50)89-48-33(71)24(62)39(15(7-54)82-48)87-46-31(69)22(60)37(75-2)13(5-52)80-46)28(66)36(74)51(85-19)90-42-18(10-57)83-49(34(72)26(42)64)88-40-16(8-55)81-47(32(70)25(40)63)86-38-14(6-53)79-44(76-3)30(68)23(38)61/h12-74H,4-11H2,1-3H3/t12?,13?,14?,15?,16?,17?,18?,19?,20-,21+,22-,23-,24-,25-,26-,27-,28-,29-,30-,31-,32-,33-,34-,35-,36-,37-,38-,39-,40-,41-,42-,43-,44+,45+,46-,47-,48-,49-,50-,51-/m1/s1. The maximum Gasteiger partial charge on any atom is 0.187 e. The fourth-order valence-electron chi connectivity index (χ4n) is 12.0. The van der Waals surface area contributed by atoms with Crippen molar-refractivity contribution in [1.29, 1.82) is 0 Å². The summed E-state index contributed by atoms with van der Waals surface area (Å²) in [6, 6.07) is 0. The van der Waals surface area contributed by atoms with Gasteiger partial charge in [0.1, 0.15) is 189 Å². The third kappa shape index (κ3) is 15.6. The molecule has 0 bridgehead atoms. The molecule has 532 valence electrons. The molecule has 40 nitrogen and oxygen atoms in total. The molecule has 40 atom stereocenters. The normalized spacial score (nSPS) is 52.7. The average Bonchev–Trinajstić information content (AvgIpc) is 1.64. The molecule has 8 unspecified atom stereocenters. The minimum Gasteiger partial charge on any atom is -0.394 e. The van der Waals surface area contributed by atoms with Gasteiger partial charge in [0.2, 0.25) is 0 Å². The molecule has 8 aliphatic rings. The van der Waals surface area contributed by atoms with E-state index in [0.29, 0.717) is 0 Å². The number of hydrogen-bond acceptors (Lipinski definition) is 40. The molecule has 0 aromatic heterocycles. The minimum atomic E-state index is -2.33. The monoisotopic (exact) mass is 1340 g/mol. The van der Waals surface area contributed by atoms with Crippen molar-refractivity contribution in [3.63, 3.8) is 0 Å². The van der Waals surface area contributed by atoms with Gasteiger partial charge >= 0.3 is 0 Å². The molecule has 8 rings (SSSR count). The minimum absolute atomic E-state index is 0.0767. The Morgan fingerprint density at radius 2 is 0.451 bits per heavy atom. The van der Waals surface area contributed by atoms with Crippen LogP contribution in [0.4, 0.5) is 0 Å². The third-order valence-electron chi connectivity index (χ3n) is 17.3. The number of rotatable bonds is 24. The Labute approximate surface area is 516 Å². The number of aliphatic hydroxyl groups is 23.